The Kier molecular flexibility index (Phi) is 4.35. The van der Waals surface area contributed by atoms with Crippen LogP contribution in [0.5, 0.6) is 0 Å². The Bertz CT molecular complexity index is 270. The SMILES string of the molecule is CN(C)C1CCN(C2CCCC(C)(C)C2O)CC1. The van der Waals surface area contributed by atoms with E-state index in [4.69, 9.17) is 0 Å². The first-order valence-electron chi connectivity index (χ1n) is 7.50. The highest BCUT2D eigenvalue weighted by molar-refractivity contribution is 4.95. The molecule has 2 aliphatic rings. The molecule has 0 aromatic heterocycles. The summed E-state index contributed by atoms with van der Waals surface area (Å²) >= 11 is 0. The van der Waals surface area contributed by atoms with Gasteiger partial charge in [0.2, 0.25) is 0 Å². The highest BCUT2D eigenvalue weighted by Crippen LogP contribution is 2.38. The predicted molar refractivity (Wildman–Crippen MR) is 75.7 cm³/mol. The van der Waals surface area contributed by atoms with Gasteiger partial charge in [0.15, 0.2) is 0 Å². The Labute approximate surface area is 112 Å². The van der Waals surface area contributed by atoms with Gasteiger partial charge in [-0.05, 0) is 45.2 Å². The fourth-order valence-electron chi connectivity index (χ4n) is 3.71. The average molecular weight is 254 g/mol. The quantitative estimate of drug-likeness (QED) is 0.816. The van der Waals surface area contributed by atoms with E-state index in [1.807, 2.05) is 0 Å². The lowest BCUT2D eigenvalue weighted by Gasteiger charge is -2.48. The third kappa shape index (κ3) is 2.89. The Hall–Kier alpha value is -0.120. The number of piperidine rings is 1. The van der Waals surface area contributed by atoms with Crippen LogP contribution in [-0.2, 0) is 0 Å². The molecule has 3 nitrogen and oxygen atoms in total. The molecule has 2 rings (SSSR count). The molecule has 0 radical (unpaired) electrons. The third-order valence-corrected chi connectivity index (χ3v) is 5.18. The molecule has 1 saturated carbocycles. The van der Waals surface area contributed by atoms with Gasteiger partial charge in [-0.1, -0.05) is 20.3 Å². The van der Waals surface area contributed by atoms with Gasteiger partial charge in [-0.25, -0.2) is 0 Å². The van der Waals surface area contributed by atoms with Crippen molar-refractivity contribution in [1.82, 2.24) is 9.80 Å². The molecule has 1 saturated heterocycles. The number of aliphatic hydroxyl groups is 1. The highest BCUT2D eigenvalue weighted by atomic mass is 16.3. The zero-order valence-corrected chi connectivity index (χ0v) is 12.5. The van der Waals surface area contributed by atoms with Crippen molar-refractivity contribution in [3.05, 3.63) is 0 Å². The predicted octanol–water partition coefficient (Wildman–Crippen LogP) is 1.95. The maximum absolute atomic E-state index is 10.6. The van der Waals surface area contributed by atoms with Crippen molar-refractivity contribution in [2.75, 3.05) is 27.2 Å². The van der Waals surface area contributed by atoms with Crippen molar-refractivity contribution in [1.29, 1.82) is 0 Å². The van der Waals surface area contributed by atoms with Crippen LogP contribution in [0, 0.1) is 5.41 Å². The van der Waals surface area contributed by atoms with Gasteiger partial charge >= 0.3 is 0 Å². The Morgan fingerprint density at radius 2 is 1.72 bits per heavy atom. The highest BCUT2D eigenvalue weighted by Gasteiger charge is 2.41. The van der Waals surface area contributed by atoms with Crippen molar-refractivity contribution in [3.8, 4) is 0 Å². The van der Waals surface area contributed by atoms with E-state index in [0.717, 1.165) is 19.1 Å². The van der Waals surface area contributed by atoms with Crippen LogP contribution in [0.4, 0.5) is 0 Å². The molecule has 106 valence electrons. The van der Waals surface area contributed by atoms with Gasteiger partial charge in [0, 0.05) is 25.2 Å². The van der Waals surface area contributed by atoms with E-state index in [2.05, 4.69) is 37.7 Å². The van der Waals surface area contributed by atoms with E-state index >= 15 is 0 Å². The van der Waals surface area contributed by atoms with E-state index in [9.17, 15) is 5.11 Å². The van der Waals surface area contributed by atoms with Crippen LogP contribution >= 0.6 is 0 Å². The Morgan fingerprint density at radius 3 is 2.28 bits per heavy atom. The van der Waals surface area contributed by atoms with Gasteiger partial charge in [0.1, 0.15) is 0 Å². The standard InChI is InChI=1S/C15H30N2O/c1-15(2)9-5-6-13(14(15)18)17-10-7-12(8-11-17)16(3)4/h12-14,18H,5-11H2,1-4H3. The van der Waals surface area contributed by atoms with Crippen LogP contribution in [0.15, 0.2) is 0 Å². The molecule has 3 heteroatoms. The molecule has 2 unspecified atom stereocenters. The van der Waals surface area contributed by atoms with Crippen molar-refractivity contribution in [3.63, 3.8) is 0 Å². The van der Waals surface area contributed by atoms with Crippen LogP contribution in [0.3, 0.4) is 0 Å². The summed E-state index contributed by atoms with van der Waals surface area (Å²) in [4.78, 5) is 4.89. The summed E-state index contributed by atoms with van der Waals surface area (Å²) in [6.07, 6.45) is 5.95. The maximum Gasteiger partial charge on any atom is 0.0746 e. The minimum atomic E-state index is -0.151. The number of rotatable bonds is 2. The fourth-order valence-corrected chi connectivity index (χ4v) is 3.71. The first-order valence-corrected chi connectivity index (χ1v) is 7.50. The van der Waals surface area contributed by atoms with E-state index in [-0.39, 0.29) is 11.5 Å². The molecule has 2 atom stereocenters. The Morgan fingerprint density at radius 1 is 1.11 bits per heavy atom. The van der Waals surface area contributed by atoms with Gasteiger partial charge in [0.25, 0.3) is 0 Å². The van der Waals surface area contributed by atoms with E-state index in [1.165, 1.54) is 32.1 Å². The summed E-state index contributed by atoms with van der Waals surface area (Å²) in [5.41, 5.74) is 0.0985. The van der Waals surface area contributed by atoms with Crippen molar-refractivity contribution in [2.45, 2.75) is 64.1 Å². The second-order valence-corrected chi connectivity index (χ2v) is 7.12. The van der Waals surface area contributed by atoms with Crippen LogP contribution in [0.1, 0.15) is 46.0 Å². The lowest BCUT2D eigenvalue weighted by atomic mass is 9.72. The molecular weight excluding hydrogens is 224 g/mol. The Balaban J connectivity index is 1.93. The van der Waals surface area contributed by atoms with E-state index in [1.54, 1.807) is 0 Å². The summed E-state index contributed by atoms with van der Waals surface area (Å²) in [6, 6.07) is 1.13. The lowest BCUT2D eigenvalue weighted by Crippen LogP contribution is -2.55. The van der Waals surface area contributed by atoms with Crippen LogP contribution in [0.25, 0.3) is 0 Å². The zero-order chi connectivity index (χ0) is 13.3. The second-order valence-electron chi connectivity index (χ2n) is 7.12. The largest absolute Gasteiger partial charge is 0.391 e. The van der Waals surface area contributed by atoms with E-state index in [0.29, 0.717) is 6.04 Å². The van der Waals surface area contributed by atoms with Gasteiger partial charge in [-0.2, -0.15) is 0 Å². The molecule has 0 amide bonds. The van der Waals surface area contributed by atoms with Crippen LogP contribution in [0.2, 0.25) is 0 Å². The molecule has 0 bridgehead atoms. The molecule has 1 aliphatic carbocycles. The van der Waals surface area contributed by atoms with Crippen molar-refractivity contribution in [2.24, 2.45) is 5.41 Å². The molecule has 1 aliphatic heterocycles. The number of likely N-dealkylation sites (tertiary alicyclic amines) is 1. The van der Waals surface area contributed by atoms with Crippen molar-refractivity contribution < 1.29 is 5.11 Å². The molecule has 0 aromatic carbocycles. The summed E-state index contributed by atoms with van der Waals surface area (Å²) < 4.78 is 0. The molecule has 0 aromatic rings. The molecule has 18 heavy (non-hydrogen) atoms. The topological polar surface area (TPSA) is 26.7 Å². The zero-order valence-electron chi connectivity index (χ0n) is 12.5. The molecule has 1 heterocycles. The third-order valence-electron chi connectivity index (χ3n) is 5.18. The van der Waals surface area contributed by atoms with E-state index < -0.39 is 0 Å². The summed E-state index contributed by atoms with van der Waals surface area (Å²) in [7, 11) is 4.36. The number of aliphatic hydroxyl groups excluding tert-OH is 1. The van der Waals surface area contributed by atoms with Gasteiger partial charge in [-0.3, -0.25) is 4.90 Å². The first kappa shape index (κ1) is 14.3. The molecule has 0 spiro atoms. The fraction of sp³-hybridized carbons (Fsp3) is 1.00. The minimum absolute atomic E-state index is 0.0985. The lowest BCUT2D eigenvalue weighted by molar-refractivity contribution is -0.0657. The molecule has 2 fully saturated rings. The maximum atomic E-state index is 10.6. The monoisotopic (exact) mass is 254 g/mol. The number of hydrogen-bond donors (Lipinski definition) is 1. The van der Waals surface area contributed by atoms with Crippen molar-refractivity contribution >= 4 is 0 Å². The smallest absolute Gasteiger partial charge is 0.0746 e. The number of nitrogens with zero attached hydrogens (tertiary/aromatic N) is 2. The van der Waals surface area contributed by atoms with Crippen LogP contribution in [-0.4, -0.2) is 60.3 Å². The minimum Gasteiger partial charge on any atom is -0.391 e. The van der Waals surface area contributed by atoms with Gasteiger partial charge in [0.05, 0.1) is 6.10 Å². The summed E-state index contributed by atoms with van der Waals surface area (Å²) in [5.74, 6) is 0. The average Bonchev–Trinajstić information content (AvgIpc) is 2.33. The summed E-state index contributed by atoms with van der Waals surface area (Å²) in [6.45, 7) is 6.74. The van der Waals surface area contributed by atoms with Gasteiger partial charge < -0.3 is 10.0 Å². The molecular formula is C15H30N2O. The van der Waals surface area contributed by atoms with Crippen LogP contribution < -0.4 is 0 Å². The second kappa shape index (κ2) is 5.48. The number of hydrogen-bond acceptors (Lipinski definition) is 3. The molecule has 1 N–H and O–H groups in total. The summed E-state index contributed by atoms with van der Waals surface area (Å²) in [5, 5.41) is 10.6. The first-order chi connectivity index (χ1) is 8.42. The normalized spacial score (nSPS) is 35.0. The van der Waals surface area contributed by atoms with Gasteiger partial charge in [-0.15, -0.1) is 0 Å².